The Morgan fingerprint density at radius 3 is 1.92 bits per heavy atom. The third kappa shape index (κ3) is 8.19. The van der Waals surface area contributed by atoms with Crippen molar-refractivity contribution in [2.45, 2.75) is 75.3 Å². The molecule has 2 aliphatic rings. The lowest BCUT2D eigenvalue weighted by Gasteiger charge is -2.46. The van der Waals surface area contributed by atoms with Gasteiger partial charge in [0, 0.05) is 13.2 Å². The first-order chi connectivity index (χ1) is 16.6. The second-order valence-corrected chi connectivity index (χ2v) is 9.56. The van der Waals surface area contributed by atoms with E-state index in [-0.39, 0.29) is 13.2 Å². The van der Waals surface area contributed by atoms with Gasteiger partial charge < -0.3 is 44.1 Å². The van der Waals surface area contributed by atoms with Crippen molar-refractivity contribution in [3.05, 3.63) is 0 Å². The Morgan fingerprint density at radius 2 is 1.42 bits per heavy atom. The highest BCUT2D eigenvalue weighted by Crippen LogP contribution is 2.33. The van der Waals surface area contributed by atoms with Gasteiger partial charge >= 0.3 is 26.8 Å². The number of aliphatic hydroxyl groups is 3. The van der Waals surface area contributed by atoms with Crippen LogP contribution in [0.5, 0.6) is 0 Å². The van der Waals surface area contributed by atoms with Gasteiger partial charge in [-0.25, -0.2) is 13.2 Å². The molecular formula is C16H28O18S2. The van der Waals surface area contributed by atoms with Crippen molar-refractivity contribution in [1.82, 2.24) is 0 Å². The minimum atomic E-state index is -5.24. The fraction of sp³-hybridized carbons (Fsp3) is 0.938. The number of hydrogen-bond acceptors (Lipinski definition) is 15. The average molecular weight is 573 g/mol. The number of carbonyl (C=O) groups is 1. The molecule has 0 radical (unpaired) electrons. The standard InChI is InChI=1S/C16H28O18S2/c1-3-28-5-6-7(17)9(33-35(22,23)24)8(18)16(30-6)32-11-10(29-4-2)13(34-36(25,26)27)15(21)31-12(11)14(19)20/h6-13,15-18,21H,3-5H2,1-2H3,(H,19,20)(H,22,23,24)(H,25,26,27)/t6-,7-,8-,9+,10+,11+,12-,13-,15-,16+/m1/s1. The highest BCUT2D eigenvalue weighted by molar-refractivity contribution is 7.81. The van der Waals surface area contributed by atoms with Crippen LogP contribution in [0.3, 0.4) is 0 Å². The fourth-order valence-corrected chi connectivity index (χ4v) is 4.59. The van der Waals surface area contributed by atoms with Gasteiger partial charge in [-0.1, -0.05) is 0 Å². The topological polar surface area (TPSA) is 271 Å². The van der Waals surface area contributed by atoms with Gasteiger partial charge in [0.1, 0.15) is 36.6 Å². The normalized spacial score (nSPS) is 38.1. The molecular weight excluding hydrogens is 544 g/mol. The van der Waals surface area contributed by atoms with Crippen LogP contribution in [0.1, 0.15) is 13.8 Å². The van der Waals surface area contributed by atoms with Gasteiger partial charge in [-0.2, -0.15) is 16.8 Å². The summed E-state index contributed by atoms with van der Waals surface area (Å²) in [5.41, 5.74) is 0. The Morgan fingerprint density at radius 1 is 0.833 bits per heavy atom. The lowest BCUT2D eigenvalue weighted by atomic mass is 9.96. The SMILES string of the molecule is CCOC[C@H]1O[C@@H](O[C@H]2[C@H](OCC)[C@@H](OS(=O)(=O)O)[C@H](O)O[C@H]2C(=O)O)[C@H](O)[C@@H](OS(=O)(=O)O)[C@@H]1O. The van der Waals surface area contributed by atoms with E-state index in [1.807, 2.05) is 0 Å². The molecule has 20 heteroatoms. The van der Waals surface area contributed by atoms with Crippen LogP contribution in [-0.2, 0) is 57.6 Å². The van der Waals surface area contributed by atoms with Crippen LogP contribution >= 0.6 is 0 Å². The number of aliphatic hydroxyl groups excluding tert-OH is 3. The molecule has 0 aromatic carbocycles. The third-order valence-electron chi connectivity index (χ3n) is 5.00. The fourth-order valence-electron chi connectivity index (χ4n) is 3.59. The predicted molar refractivity (Wildman–Crippen MR) is 109 cm³/mol. The number of ether oxygens (including phenoxy) is 5. The number of aliphatic carboxylic acids is 1. The first-order valence-electron chi connectivity index (χ1n) is 10.3. The lowest BCUT2D eigenvalue weighted by Crippen LogP contribution is -2.66. The maximum atomic E-state index is 11.8. The zero-order valence-electron chi connectivity index (χ0n) is 18.8. The van der Waals surface area contributed by atoms with E-state index in [2.05, 4.69) is 8.37 Å². The molecule has 36 heavy (non-hydrogen) atoms. The van der Waals surface area contributed by atoms with Crippen molar-refractivity contribution in [2.75, 3.05) is 19.8 Å². The van der Waals surface area contributed by atoms with Crippen molar-refractivity contribution < 1.29 is 83.2 Å². The summed E-state index contributed by atoms with van der Waals surface area (Å²) in [6.07, 6.45) is -19.8. The van der Waals surface area contributed by atoms with E-state index in [1.54, 1.807) is 6.92 Å². The third-order valence-corrected chi connectivity index (χ3v) is 5.93. The van der Waals surface area contributed by atoms with Crippen molar-refractivity contribution in [3.63, 3.8) is 0 Å². The van der Waals surface area contributed by atoms with Crippen LogP contribution in [0, 0.1) is 0 Å². The summed E-state index contributed by atoms with van der Waals surface area (Å²) in [7, 11) is -10.5. The summed E-state index contributed by atoms with van der Waals surface area (Å²) in [6, 6.07) is 0. The quantitative estimate of drug-likeness (QED) is 0.123. The largest absolute Gasteiger partial charge is 0.479 e. The summed E-state index contributed by atoms with van der Waals surface area (Å²) in [5, 5.41) is 40.6. The molecule has 2 aliphatic heterocycles. The minimum Gasteiger partial charge on any atom is -0.479 e. The van der Waals surface area contributed by atoms with Gasteiger partial charge in [0.2, 0.25) is 0 Å². The number of carboxylic acid groups (broad SMARTS) is 1. The number of rotatable bonds is 12. The zero-order chi connectivity index (χ0) is 27.4. The van der Waals surface area contributed by atoms with Crippen molar-refractivity contribution in [2.24, 2.45) is 0 Å². The van der Waals surface area contributed by atoms with Crippen LogP contribution in [0.4, 0.5) is 0 Å². The van der Waals surface area contributed by atoms with Crippen molar-refractivity contribution in [3.8, 4) is 0 Å². The van der Waals surface area contributed by atoms with E-state index in [4.69, 9.17) is 32.8 Å². The van der Waals surface area contributed by atoms with Crippen molar-refractivity contribution >= 4 is 26.8 Å². The Bertz CT molecular complexity index is 939. The lowest BCUT2D eigenvalue weighted by molar-refractivity contribution is -0.350. The second kappa shape index (κ2) is 12.6. The highest BCUT2D eigenvalue weighted by Gasteiger charge is 2.55. The molecule has 0 spiro atoms. The first-order valence-corrected chi connectivity index (χ1v) is 13.1. The molecule has 212 valence electrons. The predicted octanol–water partition coefficient (Wildman–Crippen LogP) is -3.56. The molecule has 2 fully saturated rings. The molecule has 2 rings (SSSR count). The van der Waals surface area contributed by atoms with Crippen LogP contribution in [0.2, 0.25) is 0 Å². The van der Waals surface area contributed by atoms with Gasteiger partial charge in [-0.05, 0) is 13.8 Å². The van der Waals surface area contributed by atoms with Gasteiger partial charge in [0.15, 0.2) is 24.8 Å². The van der Waals surface area contributed by atoms with E-state index in [1.165, 1.54) is 6.92 Å². The summed E-state index contributed by atoms with van der Waals surface area (Å²) in [5.74, 6) is -1.75. The molecule has 0 aromatic rings. The molecule has 6 N–H and O–H groups in total. The maximum absolute atomic E-state index is 11.8. The molecule has 2 saturated heterocycles. The highest BCUT2D eigenvalue weighted by atomic mass is 32.3. The van der Waals surface area contributed by atoms with E-state index in [0.29, 0.717) is 0 Å². The van der Waals surface area contributed by atoms with Crippen LogP contribution in [0.15, 0.2) is 0 Å². The van der Waals surface area contributed by atoms with E-state index >= 15 is 0 Å². The molecule has 0 aliphatic carbocycles. The molecule has 2 heterocycles. The second-order valence-electron chi connectivity index (χ2n) is 7.47. The molecule has 0 bridgehead atoms. The molecule has 18 nitrogen and oxygen atoms in total. The van der Waals surface area contributed by atoms with E-state index in [9.17, 15) is 42.1 Å². The minimum absolute atomic E-state index is 0.112. The van der Waals surface area contributed by atoms with Crippen LogP contribution < -0.4 is 0 Å². The molecule has 0 aromatic heterocycles. The first kappa shape index (κ1) is 31.1. The van der Waals surface area contributed by atoms with Crippen LogP contribution in [-0.4, -0.2) is 134 Å². The van der Waals surface area contributed by atoms with Crippen molar-refractivity contribution in [1.29, 1.82) is 0 Å². The maximum Gasteiger partial charge on any atom is 0.397 e. The van der Waals surface area contributed by atoms with Gasteiger partial charge in [0.05, 0.1) is 6.61 Å². The smallest absolute Gasteiger partial charge is 0.397 e. The molecule has 10 atom stereocenters. The monoisotopic (exact) mass is 572 g/mol. The zero-order valence-corrected chi connectivity index (χ0v) is 20.4. The summed E-state index contributed by atoms with van der Waals surface area (Å²) in [4.78, 5) is 11.8. The molecule has 0 amide bonds. The average Bonchev–Trinajstić information content (AvgIpc) is 2.74. The molecule has 0 saturated carbocycles. The van der Waals surface area contributed by atoms with Gasteiger partial charge in [-0.15, -0.1) is 0 Å². The van der Waals surface area contributed by atoms with Crippen LogP contribution in [0.25, 0.3) is 0 Å². The van der Waals surface area contributed by atoms with E-state index in [0.717, 1.165) is 0 Å². The Labute approximate surface area is 205 Å². The number of hydrogen-bond donors (Lipinski definition) is 6. The molecule has 0 unspecified atom stereocenters. The Balaban J connectivity index is 2.44. The Hall–Kier alpha value is -1.11. The Kier molecular flexibility index (Phi) is 10.9. The summed E-state index contributed by atoms with van der Waals surface area (Å²) >= 11 is 0. The summed E-state index contributed by atoms with van der Waals surface area (Å²) in [6.45, 7) is 2.45. The van der Waals surface area contributed by atoms with Gasteiger partial charge in [-0.3, -0.25) is 9.11 Å². The van der Waals surface area contributed by atoms with Gasteiger partial charge in [0.25, 0.3) is 0 Å². The van der Waals surface area contributed by atoms with E-state index < -0.39 is 94.8 Å². The summed E-state index contributed by atoms with van der Waals surface area (Å²) < 4.78 is 98.0. The number of carboxylic acids is 1.